The summed E-state index contributed by atoms with van der Waals surface area (Å²) in [6.45, 7) is 3.77. The molecule has 45 heavy (non-hydrogen) atoms. The van der Waals surface area contributed by atoms with E-state index in [0.717, 1.165) is 0 Å². The lowest BCUT2D eigenvalue weighted by molar-refractivity contribution is 1.29. The van der Waals surface area contributed by atoms with Gasteiger partial charge in [-0.3, -0.25) is 0 Å². The van der Waals surface area contributed by atoms with Gasteiger partial charge >= 0.3 is 0 Å². The first-order valence-corrected chi connectivity index (χ1v) is 15.4. The summed E-state index contributed by atoms with van der Waals surface area (Å²) in [5, 5.41) is 7.59. The molecule has 0 saturated carbocycles. The van der Waals surface area contributed by atoms with Crippen molar-refractivity contribution in [3.05, 3.63) is 176 Å². The largest absolute Gasteiger partial charge is 0.316 e. The Morgan fingerprint density at radius 1 is 0.378 bits per heavy atom. The molecule has 0 aliphatic carbocycles. The minimum absolute atomic E-state index is 1.19. The minimum atomic E-state index is 1.19. The molecule has 212 valence electrons. The van der Waals surface area contributed by atoms with E-state index in [2.05, 4.69) is 169 Å². The maximum atomic E-state index is 3.77. The van der Waals surface area contributed by atoms with Gasteiger partial charge in [0.05, 0.1) is 11.0 Å². The van der Waals surface area contributed by atoms with E-state index in [1.54, 1.807) is 6.08 Å². The summed E-state index contributed by atoms with van der Waals surface area (Å²) in [6, 6.07) is 53.0. The Balaban J connectivity index is 1.26. The van der Waals surface area contributed by atoms with E-state index in [1.807, 2.05) is 12.2 Å². The van der Waals surface area contributed by atoms with Crippen molar-refractivity contribution >= 4 is 49.6 Å². The molecule has 0 atom stereocenters. The van der Waals surface area contributed by atoms with Crippen LogP contribution >= 0.6 is 0 Å². The third-order valence-electron chi connectivity index (χ3n) is 8.80. The van der Waals surface area contributed by atoms with Gasteiger partial charge in [0.1, 0.15) is 0 Å². The predicted molar refractivity (Wildman–Crippen MR) is 195 cm³/mol. The molecule has 8 aromatic rings. The molecule has 8 rings (SSSR count). The molecule has 0 N–H and O–H groups in total. The number of aromatic nitrogens is 1. The highest BCUT2D eigenvalue weighted by molar-refractivity contribution is 6.21. The zero-order valence-corrected chi connectivity index (χ0v) is 24.9. The Labute approximate surface area is 263 Å². The molecule has 0 aliphatic rings. The Hall–Kier alpha value is -5.92. The molecule has 1 nitrogen and oxygen atoms in total. The van der Waals surface area contributed by atoms with E-state index < -0.39 is 0 Å². The highest BCUT2D eigenvalue weighted by atomic mass is 14.9. The van der Waals surface area contributed by atoms with Gasteiger partial charge < -0.3 is 4.57 Å². The van der Waals surface area contributed by atoms with E-state index in [9.17, 15) is 0 Å². The fraction of sp³-hybridized carbons (Fsp3) is 0. The molecule has 0 bridgehead atoms. The zero-order chi connectivity index (χ0) is 30.2. The summed E-state index contributed by atoms with van der Waals surface area (Å²) in [4.78, 5) is 0. The van der Waals surface area contributed by atoms with Gasteiger partial charge in [0.25, 0.3) is 0 Å². The van der Waals surface area contributed by atoms with Gasteiger partial charge in [-0.2, -0.15) is 0 Å². The van der Waals surface area contributed by atoms with Gasteiger partial charge in [-0.1, -0.05) is 152 Å². The number of nitrogens with zero attached hydrogens (tertiary/aromatic N) is 1. The average Bonchev–Trinajstić information content (AvgIpc) is 3.42. The quantitative estimate of drug-likeness (QED) is 0.138. The molecule has 0 aliphatic heterocycles. The molecular formula is C44H31N. The third kappa shape index (κ3) is 4.58. The Kier molecular flexibility index (Phi) is 6.70. The smallest absolute Gasteiger partial charge is 0.0535 e. The molecular weight excluding hydrogens is 542 g/mol. The van der Waals surface area contributed by atoms with Crippen molar-refractivity contribution in [1.82, 2.24) is 4.57 Å². The predicted octanol–water partition coefficient (Wildman–Crippen LogP) is 12.3. The molecule has 0 amide bonds. The van der Waals surface area contributed by atoms with E-state index in [4.69, 9.17) is 0 Å². The SMILES string of the molecule is C=CC=CC=Cn1c2ccccc2c2cc(-c3ccc(-c4c5ccccc5c(-c5ccccc5)c5ccccc45)cc3)ccc21. The van der Waals surface area contributed by atoms with Crippen LogP contribution in [-0.4, -0.2) is 4.57 Å². The molecule has 1 heterocycles. The van der Waals surface area contributed by atoms with Crippen LogP contribution in [0.2, 0.25) is 0 Å². The number of rotatable bonds is 6. The molecule has 0 spiro atoms. The zero-order valence-electron chi connectivity index (χ0n) is 24.9. The lowest BCUT2D eigenvalue weighted by Crippen LogP contribution is -1.90. The molecule has 0 saturated heterocycles. The number of fused-ring (bicyclic) bond motifs is 5. The van der Waals surface area contributed by atoms with Gasteiger partial charge in [-0.25, -0.2) is 0 Å². The summed E-state index contributed by atoms with van der Waals surface area (Å²) in [6.07, 6.45) is 9.91. The Morgan fingerprint density at radius 3 is 1.49 bits per heavy atom. The fourth-order valence-corrected chi connectivity index (χ4v) is 6.81. The maximum absolute atomic E-state index is 3.77. The van der Waals surface area contributed by atoms with Crippen molar-refractivity contribution < 1.29 is 0 Å². The first-order valence-electron chi connectivity index (χ1n) is 15.4. The average molecular weight is 574 g/mol. The van der Waals surface area contributed by atoms with E-state index in [0.29, 0.717) is 0 Å². The van der Waals surface area contributed by atoms with Crippen molar-refractivity contribution in [2.75, 3.05) is 0 Å². The van der Waals surface area contributed by atoms with Crippen LogP contribution in [0.5, 0.6) is 0 Å². The molecule has 1 heteroatoms. The second-order valence-electron chi connectivity index (χ2n) is 11.4. The number of hydrogen-bond donors (Lipinski definition) is 0. The first kappa shape index (κ1) is 26.7. The Morgan fingerprint density at radius 2 is 0.867 bits per heavy atom. The van der Waals surface area contributed by atoms with Crippen LogP contribution in [0.3, 0.4) is 0 Å². The van der Waals surface area contributed by atoms with Gasteiger partial charge in [0, 0.05) is 17.0 Å². The van der Waals surface area contributed by atoms with Crippen molar-refractivity contribution in [1.29, 1.82) is 0 Å². The molecule has 1 aromatic heterocycles. The van der Waals surface area contributed by atoms with E-state index in [-0.39, 0.29) is 0 Å². The highest BCUT2D eigenvalue weighted by Crippen LogP contribution is 2.44. The van der Waals surface area contributed by atoms with Crippen molar-refractivity contribution in [3.8, 4) is 33.4 Å². The van der Waals surface area contributed by atoms with Crippen LogP contribution in [0, 0.1) is 0 Å². The normalized spacial score (nSPS) is 11.9. The first-order chi connectivity index (χ1) is 22.3. The van der Waals surface area contributed by atoms with Crippen LogP contribution < -0.4 is 0 Å². The lowest BCUT2D eigenvalue weighted by Gasteiger charge is -2.18. The minimum Gasteiger partial charge on any atom is -0.316 e. The number of benzene rings is 7. The van der Waals surface area contributed by atoms with Crippen molar-refractivity contribution in [2.45, 2.75) is 0 Å². The molecule has 7 aromatic carbocycles. The van der Waals surface area contributed by atoms with Crippen LogP contribution in [0.1, 0.15) is 0 Å². The summed E-state index contributed by atoms with van der Waals surface area (Å²) < 4.78 is 2.26. The van der Waals surface area contributed by atoms with Crippen LogP contribution in [0.25, 0.3) is 82.9 Å². The van der Waals surface area contributed by atoms with Gasteiger partial charge in [0.15, 0.2) is 0 Å². The van der Waals surface area contributed by atoms with Gasteiger partial charge in [-0.15, -0.1) is 0 Å². The van der Waals surface area contributed by atoms with Crippen molar-refractivity contribution in [3.63, 3.8) is 0 Å². The van der Waals surface area contributed by atoms with Crippen molar-refractivity contribution in [2.24, 2.45) is 0 Å². The monoisotopic (exact) mass is 573 g/mol. The summed E-state index contributed by atoms with van der Waals surface area (Å²) in [7, 11) is 0. The summed E-state index contributed by atoms with van der Waals surface area (Å²) in [5.41, 5.74) is 9.84. The lowest BCUT2D eigenvalue weighted by atomic mass is 9.86. The third-order valence-corrected chi connectivity index (χ3v) is 8.80. The second-order valence-corrected chi connectivity index (χ2v) is 11.4. The number of allylic oxidation sites excluding steroid dienone is 4. The van der Waals surface area contributed by atoms with Gasteiger partial charge in [0.2, 0.25) is 0 Å². The number of hydrogen-bond acceptors (Lipinski definition) is 0. The second kappa shape index (κ2) is 11.3. The van der Waals surface area contributed by atoms with Gasteiger partial charge in [-0.05, 0) is 79.2 Å². The molecule has 0 unspecified atom stereocenters. The molecule has 0 fully saturated rings. The summed E-state index contributed by atoms with van der Waals surface area (Å²) >= 11 is 0. The van der Waals surface area contributed by atoms with Crippen LogP contribution in [0.4, 0.5) is 0 Å². The highest BCUT2D eigenvalue weighted by Gasteiger charge is 2.16. The van der Waals surface area contributed by atoms with E-state index in [1.165, 1.54) is 76.7 Å². The fourth-order valence-electron chi connectivity index (χ4n) is 6.81. The standard InChI is InChI=1S/C44H31N/c1-2-3-4-14-29-45-41-22-13-12-17-35(41)40-30-34(27-28-42(40)45)31-23-25-33(26-24-31)44-38-20-10-8-18-36(38)43(32-15-6-5-7-16-32)37-19-9-11-21-39(37)44/h2-30H,1H2. The van der Waals surface area contributed by atoms with E-state index >= 15 is 0 Å². The van der Waals surface area contributed by atoms with Crippen LogP contribution in [0.15, 0.2) is 176 Å². The van der Waals surface area contributed by atoms with Crippen LogP contribution in [-0.2, 0) is 0 Å². The topological polar surface area (TPSA) is 4.93 Å². The molecule has 0 radical (unpaired) electrons. The maximum Gasteiger partial charge on any atom is 0.0535 e. The summed E-state index contributed by atoms with van der Waals surface area (Å²) in [5.74, 6) is 0. The number of para-hydroxylation sites is 1. The Bertz CT molecular complexity index is 2360.